The van der Waals surface area contributed by atoms with Gasteiger partial charge in [-0.3, -0.25) is 4.79 Å². The van der Waals surface area contributed by atoms with Crippen LogP contribution in [0.3, 0.4) is 0 Å². The minimum Gasteiger partial charge on any atom is -0.334 e. The third-order valence-corrected chi connectivity index (χ3v) is 4.14. The number of halogens is 2. The lowest BCUT2D eigenvalue weighted by molar-refractivity contribution is 0.0631. The third kappa shape index (κ3) is 3.40. The first-order chi connectivity index (χ1) is 10.1. The summed E-state index contributed by atoms with van der Waals surface area (Å²) in [6.45, 7) is 2.15. The lowest BCUT2D eigenvalue weighted by Gasteiger charge is -2.34. The van der Waals surface area contributed by atoms with Gasteiger partial charge in [-0.2, -0.15) is 0 Å². The molecule has 0 atom stereocenters. The van der Waals surface area contributed by atoms with Crippen molar-refractivity contribution >= 4 is 5.91 Å². The van der Waals surface area contributed by atoms with Crippen molar-refractivity contribution in [3.8, 4) is 0 Å². The Hall–Kier alpha value is -1.49. The van der Waals surface area contributed by atoms with Crippen LogP contribution in [0, 0.1) is 18.6 Å². The first-order valence-corrected chi connectivity index (χ1v) is 7.52. The number of hydrogen-bond donors (Lipinski definition) is 1. The Morgan fingerprint density at radius 2 is 1.95 bits per heavy atom. The summed E-state index contributed by atoms with van der Waals surface area (Å²) in [7, 11) is 0. The van der Waals surface area contributed by atoms with E-state index in [0.29, 0.717) is 6.54 Å². The number of carbonyl (C=O) groups is 1. The highest BCUT2D eigenvalue weighted by Gasteiger charge is 2.29. The molecule has 1 aromatic rings. The Labute approximate surface area is 124 Å². The Bertz CT molecular complexity index is 513. The van der Waals surface area contributed by atoms with Gasteiger partial charge in [0.05, 0.1) is 0 Å². The van der Waals surface area contributed by atoms with Gasteiger partial charge in [-0.05, 0) is 31.4 Å². The fourth-order valence-electron chi connectivity index (χ4n) is 2.98. The molecule has 0 aromatic heterocycles. The van der Waals surface area contributed by atoms with E-state index < -0.39 is 23.1 Å². The van der Waals surface area contributed by atoms with E-state index in [-0.39, 0.29) is 18.2 Å². The molecule has 1 aromatic carbocycles. The molecule has 5 heteroatoms. The van der Waals surface area contributed by atoms with E-state index in [1.807, 2.05) is 0 Å². The molecule has 0 saturated heterocycles. The van der Waals surface area contributed by atoms with Gasteiger partial charge >= 0.3 is 0 Å². The molecule has 21 heavy (non-hydrogen) atoms. The Morgan fingerprint density at radius 1 is 1.29 bits per heavy atom. The van der Waals surface area contributed by atoms with Crippen molar-refractivity contribution < 1.29 is 13.6 Å². The maximum Gasteiger partial charge on any atom is 0.260 e. The summed E-state index contributed by atoms with van der Waals surface area (Å²) in [5.41, 5.74) is 5.40. The van der Waals surface area contributed by atoms with E-state index >= 15 is 0 Å². The van der Waals surface area contributed by atoms with E-state index in [9.17, 15) is 13.6 Å². The summed E-state index contributed by atoms with van der Waals surface area (Å²) in [4.78, 5) is 14.2. The molecular weight excluding hydrogens is 274 g/mol. The van der Waals surface area contributed by atoms with Crippen molar-refractivity contribution in [1.82, 2.24) is 4.90 Å². The van der Waals surface area contributed by atoms with Crippen molar-refractivity contribution in [2.24, 2.45) is 5.73 Å². The van der Waals surface area contributed by atoms with Gasteiger partial charge in [-0.1, -0.05) is 25.3 Å². The van der Waals surface area contributed by atoms with Crippen molar-refractivity contribution in [3.63, 3.8) is 0 Å². The summed E-state index contributed by atoms with van der Waals surface area (Å²) in [6, 6.07) is 2.52. The van der Waals surface area contributed by atoms with Gasteiger partial charge in [0.1, 0.15) is 17.2 Å². The monoisotopic (exact) mass is 296 g/mol. The van der Waals surface area contributed by atoms with Crippen LogP contribution in [0.4, 0.5) is 8.78 Å². The largest absolute Gasteiger partial charge is 0.334 e. The Kier molecular flexibility index (Phi) is 5.28. The van der Waals surface area contributed by atoms with Crippen LogP contribution in [0.5, 0.6) is 0 Å². The molecule has 0 unspecified atom stereocenters. The highest BCUT2D eigenvalue weighted by molar-refractivity contribution is 5.95. The average Bonchev–Trinajstić information content (AvgIpc) is 2.49. The summed E-state index contributed by atoms with van der Waals surface area (Å²) >= 11 is 0. The molecule has 1 aliphatic rings. The molecular formula is C16H22F2N2O. The normalized spacial score (nSPS) is 16.0. The van der Waals surface area contributed by atoms with Crippen LogP contribution < -0.4 is 5.73 Å². The molecule has 0 aliphatic heterocycles. The predicted octanol–water partition coefficient (Wildman–Crippen LogP) is 3.01. The fraction of sp³-hybridized carbons (Fsp3) is 0.562. The van der Waals surface area contributed by atoms with E-state index in [1.54, 1.807) is 4.90 Å². The SMILES string of the molecule is Cc1ccc(F)c(C(=O)N(CCN)C2CCCCC2)c1F. The quantitative estimate of drug-likeness (QED) is 0.928. The first kappa shape index (κ1) is 15.9. The predicted molar refractivity (Wildman–Crippen MR) is 78.1 cm³/mol. The third-order valence-electron chi connectivity index (χ3n) is 4.14. The van der Waals surface area contributed by atoms with Gasteiger partial charge in [0.2, 0.25) is 0 Å². The molecule has 1 fully saturated rings. The zero-order chi connectivity index (χ0) is 15.4. The minimum absolute atomic E-state index is 0.0362. The van der Waals surface area contributed by atoms with Gasteiger partial charge in [0.15, 0.2) is 0 Å². The van der Waals surface area contributed by atoms with Crippen LogP contribution in [0.2, 0.25) is 0 Å². The lowest BCUT2D eigenvalue weighted by Crippen LogP contribution is -2.44. The summed E-state index contributed by atoms with van der Waals surface area (Å²) in [5.74, 6) is -2.15. The number of hydrogen-bond acceptors (Lipinski definition) is 2. The number of nitrogens with zero attached hydrogens (tertiary/aromatic N) is 1. The van der Waals surface area contributed by atoms with Gasteiger partial charge in [0, 0.05) is 19.1 Å². The number of nitrogens with two attached hydrogens (primary N) is 1. The molecule has 0 spiro atoms. The zero-order valence-electron chi connectivity index (χ0n) is 12.4. The second kappa shape index (κ2) is 6.98. The second-order valence-electron chi connectivity index (χ2n) is 5.63. The molecule has 0 radical (unpaired) electrons. The van der Waals surface area contributed by atoms with Gasteiger partial charge in [-0.15, -0.1) is 0 Å². The van der Waals surface area contributed by atoms with Gasteiger partial charge in [-0.25, -0.2) is 8.78 Å². The topological polar surface area (TPSA) is 46.3 Å². The molecule has 0 heterocycles. The van der Waals surface area contributed by atoms with Gasteiger partial charge < -0.3 is 10.6 Å². The molecule has 1 aliphatic carbocycles. The molecule has 2 N–H and O–H groups in total. The van der Waals surface area contributed by atoms with E-state index in [2.05, 4.69) is 0 Å². The standard InChI is InChI=1S/C16H22F2N2O/c1-11-7-8-13(17)14(15(11)18)16(21)20(10-9-19)12-5-3-2-4-6-12/h7-8,12H,2-6,9-10,19H2,1H3. The molecule has 1 amide bonds. The summed E-state index contributed by atoms with van der Waals surface area (Å²) < 4.78 is 28.1. The molecule has 3 nitrogen and oxygen atoms in total. The van der Waals surface area contributed by atoms with Gasteiger partial charge in [0.25, 0.3) is 5.91 Å². The van der Waals surface area contributed by atoms with E-state index in [4.69, 9.17) is 5.73 Å². The zero-order valence-corrected chi connectivity index (χ0v) is 12.4. The van der Waals surface area contributed by atoms with Crippen molar-refractivity contribution in [2.45, 2.75) is 45.1 Å². The number of aryl methyl sites for hydroxylation is 1. The highest BCUT2D eigenvalue weighted by atomic mass is 19.1. The molecule has 2 rings (SSSR count). The first-order valence-electron chi connectivity index (χ1n) is 7.52. The van der Waals surface area contributed by atoms with E-state index in [0.717, 1.165) is 38.2 Å². The molecule has 1 saturated carbocycles. The van der Waals surface area contributed by atoms with Crippen LogP contribution in [0.1, 0.15) is 48.0 Å². The van der Waals surface area contributed by atoms with Crippen LogP contribution in [0.15, 0.2) is 12.1 Å². The second-order valence-corrected chi connectivity index (χ2v) is 5.63. The van der Waals surface area contributed by atoms with Crippen LogP contribution in [-0.2, 0) is 0 Å². The van der Waals surface area contributed by atoms with Crippen LogP contribution >= 0.6 is 0 Å². The maximum absolute atomic E-state index is 14.2. The maximum atomic E-state index is 14.2. The van der Waals surface area contributed by atoms with E-state index in [1.165, 1.54) is 13.0 Å². The number of carbonyl (C=O) groups excluding carboxylic acids is 1. The summed E-state index contributed by atoms with van der Waals surface area (Å²) in [5, 5.41) is 0. The molecule has 116 valence electrons. The van der Waals surface area contributed by atoms with Crippen molar-refractivity contribution in [1.29, 1.82) is 0 Å². The lowest BCUT2D eigenvalue weighted by atomic mass is 9.93. The van der Waals surface area contributed by atoms with Crippen LogP contribution in [-0.4, -0.2) is 29.9 Å². The number of rotatable bonds is 4. The summed E-state index contributed by atoms with van der Waals surface area (Å²) in [6.07, 6.45) is 4.98. The molecule has 0 bridgehead atoms. The average molecular weight is 296 g/mol. The minimum atomic E-state index is -0.805. The number of amides is 1. The van der Waals surface area contributed by atoms with Crippen molar-refractivity contribution in [3.05, 3.63) is 34.9 Å². The Morgan fingerprint density at radius 3 is 2.57 bits per heavy atom. The fourth-order valence-corrected chi connectivity index (χ4v) is 2.98. The van der Waals surface area contributed by atoms with Crippen molar-refractivity contribution in [2.75, 3.05) is 13.1 Å². The smallest absolute Gasteiger partial charge is 0.260 e. The number of benzene rings is 1. The highest BCUT2D eigenvalue weighted by Crippen LogP contribution is 2.26. The Balaban J connectivity index is 2.32. The van der Waals surface area contributed by atoms with Crippen LogP contribution in [0.25, 0.3) is 0 Å².